The van der Waals surface area contributed by atoms with Gasteiger partial charge in [0.2, 0.25) is 0 Å². The number of halogens is 6. The SMILES string of the molecule is COc1ccc(-c2cc(C3=C(c4cc([Si](C)(C)C)sc4C)C(F)(F)C(F)(F)C3(F)F)c(C=O)s2)cc1. The van der Waals surface area contributed by atoms with E-state index in [1.807, 2.05) is 19.6 Å². The molecule has 0 unspecified atom stereocenters. The highest BCUT2D eigenvalue weighted by atomic mass is 32.1. The van der Waals surface area contributed by atoms with Gasteiger partial charge in [0.25, 0.3) is 0 Å². The van der Waals surface area contributed by atoms with Crippen molar-refractivity contribution in [3.63, 3.8) is 0 Å². The molecule has 3 aromatic rings. The number of aryl methyl sites for hydroxylation is 1. The summed E-state index contributed by atoms with van der Waals surface area (Å²) in [6.07, 6.45) is 0.232. The zero-order valence-electron chi connectivity index (χ0n) is 19.9. The van der Waals surface area contributed by atoms with E-state index in [0.29, 0.717) is 16.2 Å². The van der Waals surface area contributed by atoms with Crippen molar-refractivity contribution in [3.05, 3.63) is 57.3 Å². The van der Waals surface area contributed by atoms with E-state index in [-0.39, 0.29) is 21.6 Å². The number of carbonyl (C=O) groups is 1. The van der Waals surface area contributed by atoms with E-state index in [1.165, 1.54) is 20.1 Å². The highest BCUT2D eigenvalue weighted by molar-refractivity contribution is 7.26. The van der Waals surface area contributed by atoms with E-state index in [2.05, 4.69) is 0 Å². The van der Waals surface area contributed by atoms with Crippen LogP contribution < -0.4 is 9.24 Å². The number of methoxy groups -OCH3 is 1. The Kier molecular flexibility index (Phi) is 6.37. The van der Waals surface area contributed by atoms with Crippen LogP contribution in [-0.4, -0.2) is 39.2 Å². The Bertz CT molecular complexity index is 1360. The Hall–Kier alpha value is -2.37. The first-order valence-corrected chi connectivity index (χ1v) is 15.9. The Balaban J connectivity index is 2.04. The van der Waals surface area contributed by atoms with E-state index in [1.54, 1.807) is 24.3 Å². The Morgan fingerprint density at radius 3 is 1.89 bits per heavy atom. The molecule has 0 spiro atoms. The van der Waals surface area contributed by atoms with Crippen molar-refractivity contribution in [1.82, 2.24) is 0 Å². The van der Waals surface area contributed by atoms with Gasteiger partial charge < -0.3 is 4.74 Å². The molecule has 1 aliphatic carbocycles. The molecular weight excluding hydrogens is 538 g/mol. The van der Waals surface area contributed by atoms with Gasteiger partial charge in [0.05, 0.1) is 20.1 Å². The summed E-state index contributed by atoms with van der Waals surface area (Å²) in [6.45, 7) is 7.28. The fourth-order valence-electron chi connectivity index (χ4n) is 4.12. The molecular formula is C25H22F6O2S2Si. The summed E-state index contributed by atoms with van der Waals surface area (Å²) in [5, 5.41) is 0. The minimum Gasteiger partial charge on any atom is -0.497 e. The lowest BCUT2D eigenvalue weighted by Gasteiger charge is -2.25. The van der Waals surface area contributed by atoms with Gasteiger partial charge in [-0.15, -0.1) is 22.7 Å². The molecule has 11 heteroatoms. The fourth-order valence-corrected chi connectivity index (χ4v) is 8.14. The number of carbonyl (C=O) groups excluding carboxylic acids is 1. The molecule has 0 saturated carbocycles. The molecule has 0 N–H and O–H groups in total. The van der Waals surface area contributed by atoms with Gasteiger partial charge in [-0.3, -0.25) is 4.79 Å². The van der Waals surface area contributed by atoms with Crippen molar-refractivity contribution >= 4 is 52.7 Å². The molecule has 0 amide bonds. The smallest absolute Gasteiger partial charge is 0.380 e. The number of aldehydes is 1. The largest absolute Gasteiger partial charge is 0.497 e. The number of allylic oxidation sites excluding steroid dienone is 2. The molecule has 1 aromatic carbocycles. The standard InChI is InChI=1S/C25H22F6O2S2Si/c1-13-16(11-20(34-13)36(3,4)5)21-22(24(28,29)25(30,31)23(21,26)27)17-10-18(35-19(17)12-32)14-6-8-15(33-2)9-7-14/h6-12H,1-5H3. The first-order valence-electron chi connectivity index (χ1n) is 10.8. The van der Waals surface area contributed by atoms with Crippen LogP contribution in [0.25, 0.3) is 21.6 Å². The number of benzene rings is 1. The van der Waals surface area contributed by atoms with Crippen LogP contribution in [0, 0.1) is 6.92 Å². The second kappa shape index (κ2) is 8.59. The second-order valence-corrected chi connectivity index (χ2v) is 17.3. The van der Waals surface area contributed by atoms with Crippen molar-refractivity contribution < 1.29 is 35.9 Å². The summed E-state index contributed by atoms with van der Waals surface area (Å²) in [5.74, 6) is -15.5. The van der Waals surface area contributed by atoms with Gasteiger partial charge in [0.1, 0.15) is 5.75 Å². The quantitative estimate of drug-likeness (QED) is 0.174. The summed E-state index contributed by atoms with van der Waals surface area (Å²) in [7, 11) is -0.610. The molecule has 2 nitrogen and oxygen atoms in total. The van der Waals surface area contributed by atoms with Crippen LogP contribution in [-0.2, 0) is 0 Å². The van der Waals surface area contributed by atoms with Gasteiger partial charge >= 0.3 is 17.8 Å². The van der Waals surface area contributed by atoms with Crippen LogP contribution in [0.2, 0.25) is 19.6 Å². The van der Waals surface area contributed by atoms with Gasteiger partial charge in [0, 0.05) is 26.5 Å². The third-order valence-electron chi connectivity index (χ3n) is 6.10. The maximum Gasteiger partial charge on any atom is 0.380 e. The Morgan fingerprint density at radius 1 is 0.861 bits per heavy atom. The first kappa shape index (κ1) is 26.7. The summed E-state index contributed by atoms with van der Waals surface area (Å²) >= 11 is 1.92. The number of ether oxygens (including phenoxy) is 1. The molecule has 0 bridgehead atoms. The van der Waals surface area contributed by atoms with Crippen molar-refractivity contribution in [2.45, 2.75) is 44.3 Å². The number of rotatable bonds is 6. The lowest BCUT2D eigenvalue weighted by Crippen LogP contribution is -2.49. The fraction of sp³-hybridized carbons (Fsp3) is 0.320. The number of hydrogen-bond acceptors (Lipinski definition) is 4. The monoisotopic (exact) mass is 560 g/mol. The predicted molar refractivity (Wildman–Crippen MR) is 135 cm³/mol. The summed E-state index contributed by atoms with van der Waals surface area (Å²) in [5.41, 5.74) is -3.37. The predicted octanol–water partition coefficient (Wildman–Crippen LogP) is 7.98. The summed E-state index contributed by atoms with van der Waals surface area (Å²) in [4.78, 5) is 12.1. The molecule has 0 saturated heterocycles. The maximum absolute atomic E-state index is 15.3. The molecule has 2 aromatic heterocycles. The lowest BCUT2D eigenvalue weighted by atomic mass is 9.95. The zero-order chi connectivity index (χ0) is 26.8. The van der Waals surface area contributed by atoms with Gasteiger partial charge in [-0.05, 0) is 58.9 Å². The molecule has 0 fully saturated rings. The van der Waals surface area contributed by atoms with E-state index in [0.717, 1.165) is 33.2 Å². The van der Waals surface area contributed by atoms with Crippen LogP contribution in [0.3, 0.4) is 0 Å². The summed E-state index contributed by atoms with van der Waals surface area (Å²) < 4.78 is 96.5. The van der Waals surface area contributed by atoms with Crippen molar-refractivity contribution in [1.29, 1.82) is 0 Å². The van der Waals surface area contributed by atoms with E-state index in [9.17, 15) is 13.6 Å². The molecule has 36 heavy (non-hydrogen) atoms. The average molecular weight is 561 g/mol. The van der Waals surface area contributed by atoms with Gasteiger partial charge in [0.15, 0.2) is 6.29 Å². The molecule has 2 heterocycles. The van der Waals surface area contributed by atoms with Gasteiger partial charge in [-0.2, -0.15) is 26.3 Å². The van der Waals surface area contributed by atoms with E-state index < -0.39 is 42.6 Å². The van der Waals surface area contributed by atoms with E-state index >= 15 is 17.6 Å². The molecule has 1 aliphatic rings. The average Bonchev–Trinajstić information content (AvgIpc) is 3.42. The van der Waals surface area contributed by atoms with Crippen LogP contribution in [0.4, 0.5) is 26.3 Å². The molecule has 0 atom stereocenters. The highest BCUT2D eigenvalue weighted by Gasteiger charge is 2.80. The molecule has 0 radical (unpaired) electrons. The van der Waals surface area contributed by atoms with Crippen LogP contribution >= 0.6 is 22.7 Å². The number of hydrogen-bond donors (Lipinski definition) is 0. The van der Waals surface area contributed by atoms with Gasteiger partial charge in [-0.1, -0.05) is 19.6 Å². The first-order chi connectivity index (χ1) is 16.6. The van der Waals surface area contributed by atoms with Crippen molar-refractivity contribution in [2.75, 3.05) is 7.11 Å². The lowest BCUT2D eigenvalue weighted by molar-refractivity contribution is -0.254. The summed E-state index contributed by atoms with van der Waals surface area (Å²) in [6, 6.07) is 8.83. The minimum atomic E-state index is -5.68. The topological polar surface area (TPSA) is 26.3 Å². The third-order valence-corrected chi connectivity index (χ3v) is 11.8. The van der Waals surface area contributed by atoms with Crippen molar-refractivity contribution in [3.8, 4) is 16.2 Å². The van der Waals surface area contributed by atoms with Gasteiger partial charge in [-0.25, -0.2) is 0 Å². The third kappa shape index (κ3) is 3.86. The number of alkyl halides is 6. The minimum absolute atomic E-state index is 0.232. The Morgan fingerprint density at radius 2 is 1.42 bits per heavy atom. The maximum atomic E-state index is 15.3. The van der Waals surface area contributed by atoms with Crippen molar-refractivity contribution in [2.24, 2.45) is 0 Å². The van der Waals surface area contributed by atoms with Crippen LogP contribution in [0.15, 0.2) is 36.4 Å². The Labute approximate surface area is 213 Å². The molecule has 192 valence electrons. The normalized spacial score (nSPS) is 18.5. The zero-order valence-corrected chi connectivity index (χ0v) is 22.6. The van der Waals surface area contributed by atoms with Crippen LogP contribution in [0.1, 0.15) is 25.7 Å². The highest BCUT2D eigenvalue weighted by Crippen LogP contribution is 2.65. The second-order valence-electron chi connectivity index (χ2n) is 9.54. The van der Waals surface area contributed by atoms with E-state index in [4.69, 9.17) is 4.74 Å². The number of thiophene rings is 2. The molecule has 0 aliphatic heterocycles. The molecule has 4 rings (SSSR count). The van der Waals surface area contributed by atoms with Crippen LogP contribution in [0.5, 0.6) is 5.75 Å².